The first-order chi connectivity index (χ1) is 12.5. The molecule has 0 spiro atoms. The van der Waals surface area contributed by atoms with Crippen molar-refractivity contribution in [3.63, 3.8) is 0 Å². The molecule has 0 aliphatic heterocycles. The summed E-state index contributed by atoms with van der Waals surface area (Å²) >= 11 is 0. The lowest BCUT2D eigenvalue weighted by Gasteiger charge is -2.22. The zero-order chi connectivity index (χ0) is 19.1. The van der Waals surface area contributed by atoms with Crippen LogP contribution in [0.25, 0.3) is 0 Å². The molecule has 0 saturated heterocycles. The second-order valence-corrected chi connectivity index (χ2v) is 6.60. The first-order valence-electron chi connectivity index (χ1n) is 9.50. The number of nitrogens with zero attached hydrogens (tertiary/aromatic N) is 3. The van der Waals surface area contributed by atoms with Gasteiger partial charge in [-0.25, -0.2) is 9.97 Å². The van der Waals surface area contributed by atoms with Gasteiger partial charge in [-0.3, -0.25) is 4.79 Å². The van der Waals surface area contributed by atoms with E-state index in [9.17, 15) is 4.79 Å². The highest BCUT2D eigenvalue weighted by Gasteiger charge is 2.16. The topological polar surface area (TPSA) is 58.1 Å². The molecule has 0 radical (unpaired) electrons. The predicted molar refractivity (Wildman–Crippen MR) is 108 cm³/mol. The number of amides is 1. The quantitative estimate of drug-likeness (QED) is 0.756. The van der Waals surface area contributed by atoms with E-state index < -0.39 is 0 Å². The number of benzene rings is 1. The Morgan fingerprint density at radius 3 is 2.38 bits per heavy atom. The predicted octanol–water partition coefficient (Wildman–Crippen LogP) is 4.53. The van der Waals surface area contributed by atoms with E-state index in [1.165, 1.54) is 0 Å². The van der Waals surface area contributed by atoms with Crippen molar-refractivity contribution >= 4 is 17.5 Å². The van der Waals surface area contributed by atoms with Crippen molar-refractivity contribution in [2.45, 2.75) is 53.9 Å². The van der Waals surface area contributed by atoms with Gasteiger partial charge in [0.1, 0.15) is 5.69 Å². The lowest BCUT2D eigenvalue weighted by molar-refractivity contribution is 0.102. The molecular formula is C21H30N4O. The first kappa shape index (κ1) is 19.9. The van der Waals surface area contributed by atoms with Crippen LogP contribution in [0.3, 0.4) is 0 Å². The molecule has 5 heteroatoms. The molecule has 0 bridgehead atoms. The van der Waals surface area contributed by atoms with Crippen LogP contribution in [0.5, 0.6) is 0 Å². The van der Waals surface area contributed by atoms with Crippen LogP contribution in [-0.4, -0.2) is 29.0 Å². The van der Waals surface area contributed by atoms with E-state index in [1.54, 1.807) is 6.07 Å². The molecule has 0 atom stereocenters. The van der Waals surface area contributed by atoms with Gasteiger partial charge >= 0.3 is 0 Å². The second-order valence-electron chi connectivity index (χ2n) is 6.60. The molecular weight excluding hydrogens is 324 g/mol. The van der Waals surface area contributed by atoms with Gasteiger partial charge in [-0.05, 0) is 50.3 Å². The van der Waals surface area contributed by atoms with Crippen molar-refractivity contribution in [3.05, 3.63) is 46.8 Å². The number of aromatic nitrogens is 2. The van der Waals surface area contributed by atoms with Crippen LogP contribution in [0, 0.1) is 13.8 Å². The first-order valence-corrected chi connectivity index (χ1v) is 9.50. The van der Waals surface area contributed by atoms with E-state index in [4.69, 9.17) is 0 Å². The molecule has 2 rings (SSSR count). The summed E-state index contributed by atoms with van der Waals surface area (Å²) in [5, 5.41) is 3.06. The van der Waals surface area contributed by atoms with Gasteiger partial charge in [0.05, 0.1) is 0 Å². The van der Waals surface area contributed by atoms with E-state index >= 15 is 0 Å². The smallest absolute Gasteiger partial charge is 0.274 e. The average molecular weight is 354 g/mol. The Labute approximate surface area is 156 Å². The summed E-state index contributed by atoms with van der Waals surface area (Å²) in [4.78, 5) is 24.1. The Balaban J connectivity index is 2.32. The Hall–Kier alpha value is -2.43. The van der Waals surface area contributed by atoms with E-state index in [1.807, 2.05) is 32.0 Å². The van der Waals surface area contributed by atoms with Crippen LogP contribution in [-0.2, 0) is 6.42 Å². The van der Waals surface area contributed by atoms with Crippen LogP contribution < -0.4 is 10.2 Å². The van der Waals surface area contributed by atoms with Gasteiger partial charge in [0, 0.05) is 24.5 Å². The summed E-state index contributed by atoms with van der Waals surface area (Å²) in [7, 11) is 0. The molecule has 0 aliphatic rings. The average Bonchev–Trinajstić information content (AvgIpc) is 2.62. The Morgan fingerprint density at radius 1 is 1.08 bits per heavy atom. The Morgan fingerprint density at radius 2 is 1.77 bits per heavy atom. The van der Waals surface area contributed by atoms with E-state index in [2.05, 4.69) is 41.0 Å². The maximum atomic E-state index is 12.9. The van der Waals surface area contributed by atoms with E-state index in [-0.39, 0.29) is 5.91 Å². The van der Waals surface area contributed by atoms with Crippen LogP contribution in [0.1, 0.15) is 60.9 Å². The molecule has 2 aromatic rings. The number of carbonyl (C=O) groups excluding carboxylic acids is 1. The van der Waals surface area contributed by atoms with Gasteiger partial charge in [0.25, 0.3) is 5.91 Å². The SMILES string of the molecule is CCCN(CCC)c1nc(C)cc(C(=O)Nc2c(C)cccc2CC)n1. The molecule has 0 saturated carbocycles. The summed E-state index contributed by atoms with van der Waals surface area (Å²) < 4.78 is 0. The highest BCUT2D eigenvalue weighted by atomic mass is 16.1. The second kappa shape index (κ2) is 9.32. The van der Waals surface area contributed by atoms with Gasteiger partial charge < -0.3 is 10.2 Å². The zero-order valence-electron chi connectivity index (χ0n) is 16.6. The van der Waals surface area contributed by atoms with Crippen LogP contribution in [0.2, 0.25) is 0 Å². The number of carbonyl (C=O) groups is 1. The monoisotopic (exact) mass is 354 g/mol. The molecule has 1 aromatic heterocycles. The lowest BCUT2D eigenvalue weighted by Crippen LogP contribution is -2.28. The minimum Gasteiger partial charge on any atom is -0.341 e. The third-order valence-electron chi connectivity index (χ3n) is 4.32. The number of hydrogen-bond acceptors (Lipinski definition) is 4. The maximum absolute atomic E-state index is 12.9. The number of nitrogens with one attached hydrogen (secondary N) is 1. The van der Waals surface area contributed by atoms with Crippen molar-refractivity contribution in [2.24, 2.45) is 0 Å². The van der Waals surface area contributed by atoms with Crippen LogP contribution >= 0.6 is 0 Å². The molecule has 1 amide bonds. The Bertz CT molecular complexity index is 752. The summed E-state index contributed by atoms with van der Waals surface area (Å²) in [5.41, 5.74) is 4.29. The van der Waals surface area contributed by atoms with Crippen molar-refractivity contribution < 1.29 is 4.79 Å². The van der Waals surface area contributed by atoms with Gasteiger partial charge in [-0.2, -0.15) is 0 Å². The largest absolute Gasteiger partial charge is 0.341 e. The van der Waals surface area contributed by atoms with Gasteiger partial charge in [-0.15, -0.1) is 0 Å². The van der Waals surface area contributed by atoms with Crippen molar-refractivity contribution in [2.75, 3.05) is 23.3 Å². The molecule has 26 heavy (non-hydrogen) atoms. The molecule has 140 valence electrons. The third-order valence-corrected chi connectivity index (χ3v) is 4.32. The van der Waals surface area contributed by atoms with E-state index in [0.717, 1.165) is 54.9 Å². The van der Waals surface area contributed by atoms with Crippen molar-refractivity contribution in [1.29, 1.82) is 0 Å². The summed E-state index contributed by atoms with van der Waals surface area (Å²) in [5.74, 6) is 0.452. The van der Waals surface area contributed by atoms with Crippen molar-refractivity contribution in [3.8, 4) is 0 Å². The maximum Gasteiger partial charge on any atom is 0.274 e. The van der Waals surface area contributed by atoms with Crippen LogP contribution in [0.4, 0.5) is 11.6 Å². The van der Waals surface area contributed by atoms with Crippen LogP contribution in [0.15, 0.2) is 24.3 Å². The number of anilines is 2. The molecule has 1 heterocycles. The molecule has 1 aromatic carbocycles. The number of rotatable bonds is 8. The van der Waals surface area contributed by atoms with E-state index in [0.29, 0.717) is 11.6 Å². The van der Waals surface area contributed by atoms with Gasteiger partial charge in [-0.1, -0.05) is 39.0 Å². The molecule has 0 unspecified atom stereocenters. The summed E-state index contributed by atoms with van der Waals surface area (Å²) in [6.07, 6.45) is 2.90. The molecule has 5 nitrogen and oxygen atoms in total. The van der Waals surface area contributed by atoms with Crippen molar-refractivity contribution in [1.82, 2.24) is 9.97 Å². The fourth-order valence-electron chi connectivity index (χ4n) is 3.04. The molecule has 0 fully saturated rings. The van der Waals surface area contributed by atoms with Gasteiger partial charge in [0.15, 0.2) is 0 Å². The molecule has 1 N–H and O–H groups in total. The third kappa shape index (κ3) is 4.81. The lowest BCUT2D eigenvalue weighted by atomic mass is 10.1. The zero-order valence-corrected chi connectivity index (χ0v) is 16.6. The number of hydrogen-bond donors (Lipinski definition) is 1. The molecule has 0 aliphatic carbocycles. The highest BCUT2D eigenvalue weighted by Crippen LogP contribution is 2.22. The minimum absolute atomic E-state index is 0.186. The van der Waals surface area contributed by atoms with Gasteiger partial charge in [0.2, 0.25) is 5.95 Å². The fraction of sp³-hybridized carbons (Fsp3) is 0.476. The fourth-order valence-corrected chi connectivity index (χ4v) is 3.04. The standard InChI is InChI=1S/C21H30N4O/c1-6-12-25(13-7-2)21-22-16(5)14-18(23-21)20(26)24-19-15(4)10-9-11-17(19)8-3/h9-11,14H,6-8,12-13H2,1-5H3,(H,24,26). The Kier molecular flexibility index (Phi) is 7.13. The minimum atomic E-state index is -0.186. The number of aryl methyl sites for hydroxylation is 3. The summed E-state index contributed by atoms with van der Waals surface area (Å²) in [6, 6.07) is 7.82. The normalized spacial score (nSPS) is 10.7. The summed E-state index contributed by atoms with van der Waals surface area (Å²) in [6.45, 7) is 12.0. The number of para-hydroxylation sites is 1. The highest BCUT2D eigenvalue weighted by molar-refractivity contribution is 6.04.